The van der Waals surface area contributed by atoms with Gasteiger partial charge in [0, 0.05) is 5.69 Å². The number of amides is 1. The van der Waals surface area contributed by atoms with Crippen molar-refractivity contribution in [1.82, 2.24) is 0 Å². The van der Waals surface area contributed by atoms with Gasteiger partial charge in [-0.3, -0.25) is 4.79 Å². The smallest absolute Gasteiger partial charge is 0.417 e. The fraction of sp³-hybridized carbons (Fsp3) is 0.235. The summed E-state index contributed by atoms with van der Waals surface area (Å²) in [6.45, 7) is -0.437. The third-order valence-electron chi connectivity index (χ3n) is 3.28. The van der Waals surface area contributed by atoms with Crippen LogP contribution < -0.4 is 19.5 Å². The molecule has 0 atom stereocenters. The van der Waals surface area contributed by atoms with Gasteiger partial charge >= 0.3 is 6.18 Å². The fourth-order valence-electron chi connectivity index (χ4n) is 2.13. The van der Waals surface area contributed by atoms with Crippen LogP contribution >= 0.6 is 11.6 Å². The molecule has 0 aliphatic heterocycles. The highest BCUT2D eigenvalue weighted by molar-refractivity contribution is 6.31. The number of nitrogens with one attached hydrogen (secondary N) is 1. The van der Waals surface area contributed by atoms with Crippen LogP contribution in [0.25, 0.3) is 0 Å². The average Bonchev–Trinajstić information content (AvgIpc) is 2.60. The summed E-state index contributed by atoms with van der Waals surface area (Å²) in [5.41, 5.74) is -1.08. The Labute approximate surface area is 152 Å². The number of carbonyl (C=O) groups excluding carboxylic acids is 1. The molecule has 0 spiro atoms. The maximum atomic E-state index is 12.8. The zero-order valence-corrected chi connectivity index (χ0v) is 14.6. The largest absolute Gasteiger partial charge is 0.493 e. The van der Waals surface area contributed by atoms with Gasteiger partial charge < -0.3 is 19.5 Å². The highest BCUT2D eigenvalue weighted by Gasteiger charge is 2.33. The van der Waals surface area contributed by atoms with Crippen molar-refractivity contribution >= 4 is 23.2 Å². The second-order valence-electron chi connectivity index (χ2n) is 5.02. The van der Waals surface area contributed by atoms with Crippen LogP contribution in [0, 0.1) is 0 Å². The minimum Gasteiger partial charge on any atom is -0.493 e. The molecule has 9 heteroatoms. The summed E-state index contributed by atoms with van der Waals surface area (Å²) in [5, 5.41) is 1.87. The molecule has 2 aromatic carbocycles. The van der Waals surface area contributed by atoms with Crippen molar-refractivity contribution in [2.75, 3.05) is 26.1 Å². The lowest BCUT2D eigenvalue weighted by Crippen LogP contribution is -2.20. The van der Waals surface area contributed by atoms with Crippen molar-refractivity contribution in [3.63, 3.8) is 0 Å². The summed E-state index contributed by atoms with van der Waals surface area (Å²) in [5.74, 6) is 0.325. The van der Waals surface area contributed by atoms with Gasteiger partial charge in [-0.05, 0) is 30.3 Å². The van der Waals surface area contributed by atoms with Crippen molar-refractivity contribution in [2.24, 2.45) is 0 Å². The predicted octanol–water partition coefficient (Wildman–Crippen LogP) is 4.39. The number of ether oxygens (including phenoxy) is 3. The van der Waals surface area contributed by atoms with E-state index in [0.717, 1.165) is 12.1 Å². The van der Waals surface area contributed by atoms with Gasteiger partial charge in [0.2, 0.25) is 5.75 Å². The Hall–Kier alpha value is -2.61. The van der Waals surface area contributed by atoms with Crippen LogP contribution in [0.1, 0.15) is 5.56 Å². The molecule has 0 heterocycles. The number of rotatable bonds is 6. The summed E-state index contributed by atoms with van der Waals surface area (Å²) in [7, 11) is 2.87. The molecule has 140 valence electrons. The van der Waals surface area contributed by atoms with Crippen LogP contribution in [0.2, 0.25) is 5.02 Å². The topological polar surface area (TPSA) is 56.8 Å². The van der Waals surface area contributed by atoms with Gasteiger partial charge in [0.15, 0.2) is 18.1 Å². The maximum absolute atomic E-state index is 12.8. The van der Waals surface area contributed by atoms with Gasteiger partial charge in [0.25, 0.3) is 5.91 Å². The Morgan fingerprint density at radius 2 is 1.81 bits per heavy atom. The summed E-state index contributed by atoms with van der Waals surface area (Å²) in [6, 6.07) is 7.94. The molecule has 26 heavy (non-hydrogen) atoms. The van der Waals surface area contributed by atoms with Gasteiger partial charge in [0.05, 0.1) is 24.8 Å². The van der Waals surface area contributed by atoms with Crippen molar-refractivity contribution in [3.05, 3.63) is 47.0 Å². The third kappa shape index (κ3) is 4.72. The first kappa shape index (κ1) is 19.7. The molecule has 2 rings (SSSR count). The third-order valence-corrected chi connectivity index (χ3v) is 3.61. The van der Waals surface area contributed by atoms with Crippen LogP contribution in [-0.4, -0.2) is 26.7 Å². The van der Waals surface area contributed by atoms with Crippen LogP contribution in [0.4, 0.5) is 18.9 Å². The normalized spacial score (nSPS) is 11.0. The molecule has 0 aromatic heterocycles. The Morgan fingerprint density at radius 1 is 1.12 bits per heavy atom. The van der Waals surface area contributed by atoms with Crippen LogP contribution in [0.3, 0.4) is 0 Å². The molecule has 0 radical (unpaired) electrons. The number of methoxy groups -OCH3 is 2. The Kier molecular flexibility index (Phi) is 6.20. The highest BCUT2D eigenvalue weighted by atomic mass is 35.5. The number of carbonyl (C=O) groups is 1. The fourth-order valence-corrected chi connectivity index (χ4v) is 2.36. The zero-order chi connectivity index (χ0) is 19.3. The lowest BCUT2D eigenvalue weighted by Gasteiger charge is -2.14. The Balaban J connectivity index is 2.07. The van der Waals surface area contributed by atoms with E-state index in [9.17, 15) is 18.0 Å². The summed E-state index contributed by atoms with van der Waals surface area (Å²) < 4.78 is 54.2. The van der Waals surface area contributed by atoms with E-state index in [0.29, 0.717) is 11.5 Å². The quantitative estimate of drug-likeness (QED) is 0.796. The summed E-state index contributed by atoms with van der Waals surface area (Å²) >= 11 is 5.54. The van der Waals surface area contributed by atoms with Crippen molar-refractivity contribution in [1.29, 1.82) is 0 Å². The number of hydrogen-bond acceptors (Lipinski definition) is 4. The monoisotopic (exact) mass is 389 g/mol. The summed E-state index contributed by atoms with van der Waals surface area (Å²) in [4.78, 5) is 12.0. The van der Waals surface area contributed by atoms with Gasteiger partial charge in [-0.1, -0.05) is 17.7 Å². The van der Waals surface area contributed by atoms with Crippen molar-refractivity contribution < 1.29 is 32.2 Å². The molecule has 2 aromatic rings. The van der Waals surface area contributed by atoms with Crippen LogP contribution in [0.5, 0.6) is 17.2 Å². The molecule has 5 nitrogen and oxygen atoms in total. The lowest BCUT2D eigenvalue weighted by atomic mass is 10.2. The summed E-state index contributed by atoms with van der Waals surface area (Å²) in [6.07, 6.45) is -4.62. The van der Waals surface area contributed by atoms with Gasteiger partial charge in [-0.2, -0.15) is 13.2 Å². The minimum atomic E-state index is -4.62. The first-order valence-electron chi connectivity index (χ1n) is 7.26. The Bertz CT molecular complexity index is 796. The minimum absolute atomic E-state index is 0.0482. The van der Waals surface area contributed by atoms with E-state index in [-0.39, 0.29) is 11.4 Å². The average molecular weight is 390 g/mol. The number of hydrogen-bond donors (Lipinski definition) is 1. The van der Waals surface area contributed by atoms with E-state index < -0.39 is 29.3 Å². The molecular weight excluding hydrogens is 375 g/mol. The van der Waals surface area contributed by atoms with Crippen molar-refractivity contribution in [2.45, 2.75) is 6.18 Å². The first-order chi connectivity index (χ1) is 12.3. The number of para-hydroxylation sites is 1. The number of benzene rings is 2. The van der Waals surface area contributed by atoms with Gasteiger partial charge in [-0.15, -0.1) is 0 Å². The lowest BCUT2D eigenvalue weighted by molar-refractivity contribution is -0.137. The van der Waals surface area contributed by atoms with E-state index in [1.807, 2.05) is 0 Å². The zero-order valence-electron chi connectivity index (χ0n) is 13.8. The molecule has 0 aliphatic rings. The first-order valence-corrected chi connectivity index (χ1v) is 7.64. The molecule has 0 saturated carbocycles. The molecule has 0 unspecified atom stereocenters. The molecule has 1 amide bonds. The van der Waals surface area contributed by atoms with Crippen LogP contribution in [0.15, 0.2) is 36.4 Å². The molecule has 0 bridgehead atoms. The Morgan fingerprint density at radius 3 is 2.42 bits per heavy atom. The van der Waals surface area contributed by atoms with E-state index in [2.05, 4.69) is 5.32 Å². The van der Waals surface area contributed by atoms with Crippen molar-refractivity contribution in [3.8, 4) is 17.2 Å². The molecule has 0 aliphatic carbocycles. The number of anilines is 1. The van der Waals surface area contributed by atoms with E-state index in [1.54, 1.807) is 18.2 Å². The maximum Gasteiger partial charge on any atom is 0.417 e. The van der Waals surface area contributed by atoms with E-state index in [1.165, 1.54) is 20.3 Å². The molecular formula is C17H15ClF3NO4. The second-order valence-corrected chi connectivity index (χ2v) is 5.43. The predicted molar refractivity (Wildman–Crippen MR) is 90.1 cm³/mol. The molecule has 0 fully saturated rings. The standard InChI is InChI=1S/C17H15ClF3NO4/c1-24-13-4-3-5-14(16(13)25-2)26-9-15(23)22-10-6-7-12(18)11(8-10)17(19,20)21/h3-8H,9H2,1-2H3,(H,22,23). The molecule has 0 saturated heterocycles. The van der Waals surface area contributed by atoms with Gasteiger partial charge in [0.1, 0.15) is 0 Å². The van der Waals surface area contributed by atoms with Crippen LogP contribution in [-0.2, 0) is 11.0 Å². The van der Waals surface area contributed by atoms with Gasteiger partial charge in [-0.25, -0.2) is 0 Å². The van der Waals surface area contributed by atoms with E-state index >= 15 is 0 Å². The van der Waals surface area contributed by atoms with E-state index in [4.69, 9.17) is 25.8 Å². The molecule has 1 N–H and O–H groups in total. The SMILES string of the molecule is COc1cccc(OCC(=O)Nc2ccc(Cl)c(C(F)(F)F)c2)c1OC. The number of halogens is 4. The second kappa shape index (κ2) is 8.18. The highest BCUT2D eigenvalue weighted by Crippen LogP contribution is 2.37. The number of alkyl halides is 3.